The van der Waals surface area contributed by atoms with Gasteiger partial charge in [0.2, 0.25) is 0 Å². The van der Waals surface area contributed by atoms with Crippen LogP contribution in [0.5, 0.6) is 0 Å². The molecule has 5 nitrogen and oxygen atoms in total. The zero-order chi connectivity index (χ0) is 14.0. The third-order valence-electron chi connectivity index (χ3n) is 3.47. The third kappa shape index (κ3) is 3.11. The molecule has 2 N–H and O–H groups in total. The van der Waals surface area contributed by atoms with Crippen molar-refractivity contribution in [3.05, 3.63) is 32.3 Å². The summed E-state index contributed by atoms with van der Waals surface area (Å²) in [7, 11) is 0. The highest BCUT2D eigenvalue weighted by Crippen LogP contribution is 2.36. The minimum absolute atomic E-state index is 0.0287. The summed E-state index contributed by atoms with van der Waals surface area (Å²) >= 11 is 11.7. The van der Waals surface area contributed by atoms with Gasteiger partial charge in [0.15, 0.2) is 0 Å². The van der Waals surface area contributed by atoms with E-state index in [1.54, 1.807) is 0 Å². The maximum Gasteiger partial charge on any atom is 0.293 e. The van der Waals surface area contributed by atoms with Crippen LogP contribution in [0, 0.1) is 16.0 Å². The smallest absolute Gasteiger partial charge is 0.293 e. The summed E-state index contributed by atoms with van der Waals surface area (Å²) in [6, 6.07) is 2.74. The summed E-state index contributed by atoms with van der Waals surface area (Å²) in [5.74, 6) is 0.119. The van der Waals surface area contributed by atoms with E-state index in [4.69, 9.17) is 23.2 Å². The molecule has 1 aliphatic carbocycles. The van der Waals surface area contributed by atoms with E-state index in [2.05, 4.69) is 5.32 Å². The number of nitrogens with zero attached hydrogens (tertiary/aromatic N) is 1. The molecule has 1 aromatic rings. The van der Waals surface area contributed by atoms with Gasteiger partial charge in [0, 0.05) is 24.6 Å². The molecule has 1 aromatic carbocycles. The average Bonchev–Trinajstić information content (AvgIpc) is 2.80. The monoisotopic (exact) mass is 304 g/mol. The lowest BCUT2D eigenvalue weighted by Crippen LogP contribution is -2.26. The van der Waals surface area contributed by atoms with Gasteiger partial charge in [-0.1, -0.05) is 29.6 Å². The third-order valence-corrected chi connectivity index (χ3v) is 4.19. The summed E-state index contributed by atoms with van der Waals surface area (Å²) in [5, 5.41) is 23.8. The molecule has 0 aliphatic heterocycles. The van der Waals surface area contributed by atoms with Crippen molar-refractivity contribution in [2.45, 2.75) is 25.3 Å². The summed E-state index contributed by atoms with van der Waals surface area (Å²) in [5.41, 5.74) is 0.253. The molecule has 0 saturated heterocycles. The second-order valence-corrected chi connectivity index (χ2v) is 5.48. The molecule has 1 fully saturated rings. The lowest BCUT2D eigenvalue weighted by molar-refractivity contribution is -0.384. The van der Waals surface area contributed by atoms with E-state index in [1.165, 1.54) is 12.1 Å². The number of hydrogen-bond acceptors (Lipinski definition) is 4. The number of benzene rings is 1. The topological polar surface area (TPSA) is 75.4 Å². The number of nitro benzene ring substituents is 1. The number of halogens is 2. The van der Waals surface area contributed by atoms with Gasteiger partial charge in [-0.25, -0.2) is 0 Å². The summed E-state index contributed by atoms with van der Waals surface area (Å²) in [6.45, 7) is 0.0762. The Bertz CT molecular complexity index is 496. The number of aliphatic hydroxyl groups is 1. The van der Waals surface area contributed by atoms with Crippen LogP contribution in [0.15, 0.2) is 12.1 Å². The van der Waals surface area contributed by atoms with Crippen LogP contribution in [0.3, 0.4) is 0 Å². The van der Waals surface area contributed by atoms with E-state index in [1.807, 2.05) is 0 Å². The first kappa shape index (κ1) is 14.4. The minimum atomic E-state index is -0.493. The number of aliphatic hydroxyl groups excluding tert-OH is 1. The van der Waals surface area contributed by atoms with Crippen molar-refractivity contribution in [3.8, 4) is 0 Å². The highest BCUT2D eigenvalue weighted by Gasteiger charge is 2.28. The van der Waals surface area contributed by atoms with Crippen molar-refractivity contribution in [2.24, 2.45) is 5.92 Å². The largest absolute Gasteiger partial charge is 0.396 e. The fraction of sp³-hybridized carbons (Fsp3) is 0.500. The van der Waals surface area contributed by atoms with Crippen molar-refractivity contribution >= 4 is 34.6 Å². The molecule has 0 spiro atoms. The molecule has 2 rings (SSSR count). The Hall–Kier alpha value is -1.04. The molecule has 0 radical (unpaired) electrons. The normalized spacial score (nSPS) is 22.5. The van der Waals surface area contributed by atoms with Gasteiger partial charge in [0.1, 0.15) is 5.69 Å². The van der Waals surface area contributed by atoms with Crippen LogP contribution in [0.1, 0.15) is 19.3 Å². The predicted molar refractivity (Wildman–Crippen MR) is 75.0 cm³/mol. The summed E-state index contributed by atoms with van der Waals surface area (Å²) in [4.78, 5) is 10.5. The number of hydrogen-bond donors (Lipinski definition) is 2. The van der Waals surface area contributed by atoms with Gasteiger partial charge >= 0.3 is 0 Å². The highest BCUT2D eigenvalue weighted by atomic mass is 35.5. The first-order valence-corrected chi connectivity index (χ1v) is 6.79. The maximum absolute atomic E-state index is 11.0. The molecular weight excluding hydrogens is 291 g/mol. The first-order valence-electron chi connectivity index (χ1n) is 6.03. The van der Waals surface area contributed by atoms with Crippen LogP contribution in [0.25, 0.3) is 0 Å². The second kappa shape index (κ2) is 5.94. The van der Waals surface area contributed by atoms with Gasteiger partial charge < -0.3 is 10.4 Å². The molecule has 2 unspecified atom stereocenters. The van der Waals surface area contributed by atoms with Crippen LogP contribution in [0.4, 0.5) is 11.4 Å². The molecule has 104 valence electrons. The second-order valence-electron chi connectivity index (χ2n) is 4.66. The van der Waals surface area contributed by atoms with E-state index >= 15 is 0 Å². The standard InChI is InChI=1S/C12H14Cl2N2O3/c13-8-4-11(12(16(18)19)5-9(8)14)15-10-3-1-2-7(10)6-17/h4-5,7,10,15,17H,1-3,6H2. The fourth-order valence-corrected chi connectivity index (χ4v) is 2.77. The molecule has 0 aromatic heterocycles. The molecule has 1 saturated carbocycles. The number of nitro groups is 1. The Morgan fingerprint density at radius 1 is 1.37 bits per heavy atom. The van der Waals surface area contributed by atoms with E-state index in [0.717, 1.165) is 19.3 Å². The maximum atomic E-state index is 11.0. The SMILES string of the molecule is O=[N+]([O-])c1cc(Cl)c(Cl)cc1NC1CCCC1CO. The Morgan fingerprint density at radius 3 is 2.68 bits per heavy atom. The van der Waals surface area contributed by atoms with E-state index in [-0.39, 0.29) is 34.3 Å². The van der Waals surface area contributed by atoms with E-state index in [0.29, 0.717) is 5.69 Å². The summed E-state index contributed by atoms with van der Waals surface area (Å²) < 4.78 is 0. The van der Waals surface area contributed by atoms with Crippen molar-refractivity contribution in [2.75, 3.05) is 11.9 Å². The molecule has 0 bridgehead atoms. The molecule has 0 heterocycles. The zero-order valence-corrected chi connectivity index (χ0v) is 11.6. The average molecular weight is 305 g/mol. The van der Waals surface area contributed by atoms with Crippen LogP contribution >= 0.6 is 23.2 Å². The van der Waals surface area contributed by atoms with Crippen molar-refractivity contribution < 1.29 is 10.0 Å². The van der Waals surface area contributed by atoms with Crippen molar-refractivity contribution in [1.29, 1.82) is 0 Å². The van der Waals surface area contributed by atoms with Gasteiger partial charge in [-0.2, -0.15) is 0 Å². The molecular formula is C12H14Cl2N2O3. The van der Waals surface area contributed by atoms with Gasteiger partial charge in [0.05, 0.1) is 15.0 Å². The zero-order valence-electron chi connectivity index (χ0n) is 10.1. The highest BCUT2D eigenvalue weighted by molar-refractivity contribution is 6.42. The lowest BCUT2D eigenvalue weighted by atomic mass is 10.0. The minimum Gasteiger partial charge on any atom is -0.396 e. The van der Waals surface area contributed by atoms with E-state index in [9.17, 15) is 15.2 Å². The van der Waals surface area contributed by atoms with Gasteiger partial charge in [-0.15, -0.1) is 0 Å². The number of rotatable bonds is 4. The summed E-state index contributed by atoms with van der Waals surface area (Å²) in [6.07, 6.45) is 2.80. The number of anilines is 1. The quantitative estimate of drug-likeness (QED) is 0.659. The molecule has 19 heavy (non-hydrogen) atoms. The molecule has 0 amide bonds. The van der Waals surface area contributed by atoms with Gasteiger partial charge in [0.25, 0.3) is 5.69 Å². The van der Waals surface area contributed by atoms with Crippen LogP contribution in [-0.2, 0) is 0 Å². The predicted octanol–water partition coefficient (Wildman–Crippen LogP) is 3.47. The van der Waals surface area contributed by atoms with Gasteiger partial charge in [-0.05, 0) is 18.9 Å². The Balaban J connectivity index is 2.28. The Morgan fingerprint density at radius 2 is 2.05 bits per heavy atom. The molecule has 2 atom stereocenters. The lowest BCUT2D eigenvalue weighted by Gasteiger charge is -2.20. The Labute approximate surface area is 120 Å². The fourth-order valence-electron chi connectivity index (χ4n) is 2.45. The van der Waals surface area contributed by atoms with Crippen molar-refractivity contribution in [1.82, 2.24) is 0 Å². The molecule has 1 aliphatic rings. The van der Waals surface area contributed by atoms with E-state index < -0.39 is 4.92 Å². The number of nitrogens with one attached hydrogen (secondary N) is 1. The van der Waals surface area contributed by atoms with Crippen LogP contribution in [0.2, 0.25) is 10.0 Å². The van der Waals surface area contributed by atoms with Crippen LogP contribution < -0.4 is 5.32 Å². The molecule has 7 heteroatoms. The van der Waals surface area contributed by atoms with Gasteiger partial charge in [-0.3, -0.25) is 10.1 Å². The van der Waals surface area contributed by atoms with Crippen molar-refractivity contribution in [3.63, 3.8) is 0 Å². The Kier molecular flexibility index (Phi) is 4.50. The first-order chi connectivity index (χ1) is 9.02. The van der Waals surface area contributed by atoms with Crippen LogP contribution in [-0.4, -0.2) is 22.7 Å².